The first-order valence-electron chi connectivity index (χ1n) is 12.7. The van der Waals surface area contributed by atoms with Crippen molar-refractivity contribution in [3.05, 3.63) is 51.2 Å². The van der Waals surface area contributed by atoms with Crippen LogP contribution in [0.4, 0.5) is 5.00 Å². The molecule has 1 aliphatic rings. The van der Waals surface area contributed by atoms with E-state index in [-0.39, 0.29) is 23.7 Å². The van der Waals surface area contributed by atoms with Crippen LogP contribution in [0.5, 0.6) is 5.75 Å². The van der Waals surface area contributed by atoms with Gasteiger partial charge in [0.25, 0.3) is 0 Å². The molecule has 10 heteroatoms. The van der Waals surface area contributed by atoms with Crippen molar-refractivity contribution < 1.29 is 19.1 Å². The fraction of sp³-hybridized carbons (Fsp3) is 0.481. The molecule has 0 fully saturated rings. The summed E-state index contributed by atoms with van der Waals surface area (Å²) < 4.78 is 13.4. The number of nitrogens with zero attached hydrogens (tertiary/aromatic N) is 3. The van der Waals surface area contributed by atoms with Crippen molar-refractivity contribution in [3.8, 4) is 5.75 Å². The van der Waals surface area contributed by atoms with E-state index >= 15 is 0 Å². The molecule has 1 unspecified atom stereocenters. The van der Waals surface area contributed by atoms with Crippen LogP contribution in [0.1, 0.15) is 77.5 Å². The van der Waals surface area contributed by atoms with Crippen molar-refractivity contribution >= 4 is 40.0 Å². The second kappa shape index (κ2) is 12.1. The number of fused-ring (bicyclic) bond motifs is 1. The summed E-state index contributed by atoms with van der Waals surface area (Å²) in [5.41, 5.74) is 3.94. The van der Waals surface area contributed by atoms with Crippen molar-refractivity contribution in [1.29, 1.82) is 0 Å². The van der Waals surface area contributed by atoms with Gasteiger partial charge in [-0.3, -0.25) is 4.79 Å². The maximum absolute atomic E-state index is 12.9. The van der Waals surface area contributed by atoms with Gasteiger partial charge in [-0.1, -0.05) is 17.8 Å². The Bertz CT molecular complexity index is 1280. The summed E-state index contributed by atoms with van der Waals surface area (Å²) in [4.78, 5) is 26.8. The molecular weight excluding hydrogens is 508 g/mol. The Balaban J connectivity index is 1.43. The molecule has 1 atom stereocenters. The molecule has 1 aliphatic carbocycles. The standard InChI is InChI=1S/C27H34N4O4S2/c1-6-31-24(18(5)35-19-13-12-16(3)17(4)14-19)29-30-27(31)36-15-22(32)28-25-23(26(33)34-7-2)20-10-8-9-11-21(20)37-25/h12-14,18H,6-11,15H2,1-5H3,(H,28,32). The van der Waals surface area contributed by atoms with E-state index in [9.17, 15) is 9.59 Å². The molecule has 0 aliphatic heterocycles. The Kier molecular flexibility index (Phi) is 8.91. The zero-order chi connectivity index (χ0) is 26.5. The van der Waals surface area contributed by atoms with E-state index in [0.29, 0.717) is 34.7 Å². The predicted octanol–water partition coefficient (Wildman–Crippen LogP) is 5.90. The highest BCUT2D eigenvalue weighted by Crippen LogP contribution is 2.38. The van der Waals surface area contributed by atoms with E-state index in [1.165, 1.54) is 39.1 Å². The highest BCUT2D eigenvalue weighted by atomic mass is 32.2. The zero-order valence-electron chi connectivity index (χ0n) is 22.1. The summed E-state index contributed by atoms with van der Waals surface area (Å²) in [6.07, 6.45) is 3.61. The minimum atomic E-state index is -0.363. The van der Waals surface area contributed by atoms with Crippen LogP contribution in [-0.4, -0.2) is 39.0 Å². The third kappa shape index (κ3) is 6.18. The number of carbonyl (C=O) groups excluding carboxylic acids is 2. The molecular formula is C27H34N4O4S2. The molecule has 1 N–H and O–H groups in total. The number of amides is 1. The predicted molar refractivity (Wildman–Crippen MR) is 147 cm³/mol. The minimum absolute atomic E-state index is 0.148. The molecule has 0 spiro atoms. The molecule has 3 aromatic rings. The second-order valence-corrected chi connectivity index (χ2v) is 11.1. The summed E-state index contributed by atoms with van der Waals surface area (Å²) in [5, 5.41) is 12.9. The van der Waals surface area contributed by atoms with Gasteiger partial charge in [0.2, 0.25) is 5.91 Å². The largest absolute Gasteiger partial charge is 0.483 e. The summed E-state index contributed by atoms with van der Waals surface area (Å²) in [5.74, 6) is 1.08. The fourth-order valence-electron chi connectivity index (χ4n) is 4.41. The first-order valence-corrected chi connectivity index (χ1v) is 14.5. The number of thioether (sulfide) groups is 1. The number of thiophene rings is 1. The van der Waals surface area contributed by atoms with Gasteiger partial charge in [0, 0.05) is 11.4 Å². The number of ether oxygens (including phenoxy) is 2. The maximum Gasteiger partial charge on any atom is 0.341 e. The van der Waals surface area contributed by atoms with Crippen LogP contribution in [0.3, 0.4) is 0 Å². The van der Waals surface area contributed by atoms with Gasteiger partial charge in [-0.15, -0.1) is 21.5 Å². The lowest BCUT2D eigenvalue weighted by Crippen LogP contribution is -2.17. The van der Waals surface area contributed by atoms with E-state index in [1.54, 1.807) is 6.92 Å². The van der Waals surface area contributed by atoms with Crippen molar-refractivity contribution in [3.63, 3.8) is 0 Å². The molecule has 1 aromatic carbocycles. The quantitative estimate of drug-likeness (QED) is 0.252. The average Bonchev–Trinajstić information content (AvgIpc) is 3.45. The maximum atomic E-state index is 12.9. The first-order chi connectivity index (χ1) is 17.8. The fourth-order valence-corrected chi connectivity index (χ4v) is 6.52. The highest BCUT2D eigenvalue weighted by Gasteiger charge is 2.27. The molecule has 37 heavy (non-hydrogen) atoms. The average molecular weight is 543 g/mol. The summed E-state index contributed by atoms with van der Waals surface area (Å²) in [7, 11) is 0. The van der Waals surface area contributed by atoms with Crippen LogP contribution in [-0.2, 0) is 28.9 Å². The first kappa shape index (κ1) is 27.2. The van der Waals surface area contributed by atoms with Gasteiger partial charge in [-0.25, -0.2) is 4.79 Å². The number of anilines is 1. The summed E-state index contributed by atoms with van der Waals surface area (Å²) >= 11 is 2.81. The number of aromatic nitrogens is 3. The topological polar surface area (TPSA) is 95.3 Å². The smallest absolute Gasteiger partial charge is 0.341 e. The van der Waals surface area contributed by atoms with Gasteiger partial charge in [0.1, 0.15) is 10.8 Å². The normalized spacial score (nSPS) is 13.6. The van der Waals surface area contributed by atoms with E-state index in [4.69, 9.17) is 9.47 Å². The second-order valence-electron chi connectivity index (χ2n) is 9.06. The molecule has 4 rings (SSSR count). The lowest BCUT2D eigenvalue weighted by atomic mass is 9.95. The Morgan fingerprint density at radius 1 is 1.16 bits per heavy atom. The molecule has 0 radical (unpaired) electrons. The molecule has 2 aromatic heterocycles. The Morgan fingerprint density at radius 3 is 2.68 bits per heavy atom. The minimum Gasteiger partial charge on any atom is -0.483 e. The highest BCUT2D eigenvalue weighted by molar-refractivity contribution is 7.99. The zero-order valence-corrected chi connectivity index (χ0v) is 23.7. The van der Waals surface area contributed by atoms with Crippen LogP contribution in [0.25, 0.3) is 0 Å². The Morgan fingerprint density at radius 2 is 1.95 bits per heavy atom. The molecule has 2 heterocycles. The molecule has 1 amide bonds. The summed E-state index contributed by atoms with van der Waals surface area (Å²) in [6.45, 7) is 10.8. The van der Waals surface area contributed by atoms with Crippen molar-refractivity contribution in [2.24, 2.45) is 0 Å². The monoisotopic (exact) mass is 542 g/mol. The van der Waals surface area contributed by atoms with Crippen LogP contribution in [0.2, 0.25) is 0 Å². The van der Waals surface area contributed by atoms with Gasteiger partial charge in [-0.05, 0) is 89.1 Å². The third-order valence-electron chi connectivity index (χ3n) is 6.45. The number of esters is 1. The number of nitrogens with one attached hydrogen (secondary N) is 1. The number of hydrogen-bond donors (Lipinski definition) is 1. The molecule has 0 saturated carbocycles. The number of hydrogen-bond acceptors (Lipinski definition) is 8. The van der Waals surface area contributed by atoms with Crippen LogP contribution < -0.4 is 10.1 Å². The number of aryl methyl sites for hydroxylation is 3. The number of benzene rings is 1. The van der Waals surface area contributed by atoms with E-state index in [1.807, 2.05) is 36.6 Å². The Labute approximate surface area is 226 Å². The van der Waals surface area contributed by atoms with Gasteiger partial charge in [0.15, 0.2) is 17.1 Å². The van der Waals surface area contributed by atoms with Crippen LogP contribution in [0, 0.1) is 13.8 Å². The van der Waals surface area contributed by atoms with Crippen molar-refractivity contribution in [2.75, 3.05) is 17.7 Å². The molecule has 198 valence electrons. The van der Waals surface area contributed by atoms with Gasteiger partial charge >= 0.3 is 5.97 Å². The lowest BCUT2D eigenvalue weighted by Gasteiger charge is -2.16. The van der Waals surface area contributed by atoms with Crippen LogP contribution >= 0.6 is 23.1 Å². The molecule has 0 saturated heterocycles. The van der Waals surface area contributed by atoms with Gasteiger partial charge in [-0.2, -0.15) is 0 Å². The SMILES string of the molecule is CCOC(=O)c1c(NC(=O)CSc2nnc(C(C)Oc3ccc(C)c(C)c3)n2CC)sc2c1CCCC2. The molecule has 8 nitrogen and oxygen atoms in total. The van der Waals surface area contributed by atoms with Gasteiger partial charge in [0.05, 0.1) is 17.9 Å². The number of carbonyl (C=O) groups is 2. The Hall–Kier alpha value is -2.85. The van der Waals surface area contributed by atoms with Gasteiger partial charge < -0.3 is 19.4 Å². The lowest BCUT2D eigenvalue weighted by molar-refractivity contribution is -0.113. The third-order valence-corrected chi connectivity index (χ3v) is 8.63. The number of rotatable bonds is 10. The molecule has 0 bridgehead atoms. The van der Waals surface area contributed by atoms with E-state index in [0.717, 1.165) is 37.0 Å². The van der Waals surface area contributed by atoms with E-state index < -0.39 is 0 Å². The van der Waals surface area contributed by atoms with Crippen molar-refractivity contribution in [2.45, 2.75) is 78.1 Å². The van der Waals surface area contributed by atoms with Crippen molar-refractivity contribution in [1.82, 2.24) is 14.8 Å². The van der Waals surface area contributed by atoms with E-state index in [2.05, 4.69) is 29.4 Å². The van der Waals surface area contributed by atoms with Crippen LogP contribution in [0.15, 0.2) is 23.4 Å². The summed E-state index contributed by atoms with van der Waals surface area (Å²) in [6, 6.07) is 6.02.